The zero-order valence-electron chi connectivity index (χ0n) is 12.3. The maximum absolute atomic E-state index is 6.01. The average molecular weight is 263 g/mol. The summed E-state index contributed by atoms with van der Waals surface area (Å²) in [5, 5.41) is 0. The van der Waals surface area contributed by atoms with Crippen LogP contribution in [0.3, 0.4) is 0 Å². The van der Waals surface area contributed by atoms with Crippen LogP contribution in [0, 0.1) is 0 Å². The maximum Gasteiger partial charge on any atom is 0.494 e. The van der Waals surface area contributed by atoms with Crippen molar-refractivity contribution in [3.05, 3.63) is 23.8 Å². The Balaban J connectivity index is 2.30. The molecule has 4 nitrogen and oxygen atoms in total. The highest BCUT2D eigenvalue weighted by Crippen LogP contribution is 2.36. The third-order valence-corrected chi connectivity index (χ3v) is 4.06. The molecule has 2 N–H and O–H groups in total. The van der Waals surface area contributed by atoms with Crippen molar-refractivity contribution in [1.29, 1.82) is 0 Å². The smallest absolute Gasteiger partial charge is 0.494 e. The summed E-state index contributed by atoms with van der Waals surface area (Å²) in [5.74, 6) is 0.773. The lowest BCUT2D eigenvalue weighted by Crippen LogP contribution is -2.41. The molecule has 0 aromatic heterocycles. The van der Waals surface area contributed by atoms with E-state index in [1.807, 2.05) is 45.9 Å². The van der Waals surface area contributed by atoms with Gasteiger partial charge in [-0.05, 0) is 39.2 Å². The van der Waals surface area contributed by atoms with E-state index in [0.29, 0.717) is 6.54 Å². The largest absolute Gasteiger partial charge is 0.496 e. The number of benzene rings is 1. The highest BCUT2D eigenvalue weighted by atomic mass is 16.7. The highest BCUT2D eigenvalue weighted by Gasteiger charge is 2.51. The first-order valence-electron chi connectivity index (χ1n) is 6.53. The number of hydrogen-bond acceptors (Lipinski definition) is 4. The monoisotopic (exact) mass is 263 g/mol. The molecule has 0 amide bonds. The van der Waals surface area contributed by atoms with E-state index in [-0.39, 0.29) is 18.3 Å². The van der Waals surface area contributed by atoms with Gasteiger partial charge >= 0.3 is 7.12 Å². The van der Waals surface area contributed by atoms with Gasteiger partial charge in [-0.15, -0.1) is 0 Å². The quantitative estimate of drug-likeness (QED) is 0.839. The molecule has 1 aromatic carbocycles. The zero-order valence-corrected chi connectivity index (χ0v) is 12.3. The molecule has 2 rings (SSSR count). The van der Waals surface area contributed by atoms with Crippen LogP contribution >= 0.6 is 0 Å². The Bertz CT molecular complexity index is 458. The summed E-state index contributed by atoms with van der Waals surface area (Å²) in [6.45, 7) is 8.61. The Kier molecular flexibility index (Phi) is 3.64. The van der Waals surface area contributed by atoms with E-state index < -0.39 is 0 Å². The Labute approximate surface area is 115 Å². The van der Waals surface area contributed by atoms with E-state index in [9.17, 15) is 0 Å². The van der Waals surface area contributed by atoms with Crippen LogP contribution in [0.5, 0.6) is 5.75 Å². The van der Waals surface area contributed by atoms with Gasteiger partial charge in [-0.1, -0.05) is 12.1 Å². The summed E-state index contributed by atoms with van der Waals surface area (Å²) in [5.41, 5.74) is 6.93. The van der Waals surface area contributed by atoms with Gasteiger partial charge in [-0.3, -0.25) is 0 Å². The van der Waals surface area contributed by atoms with Gasteiger partial charge < -0.3 is 19.8 Å². The summed E-state index contributed by atoms with van der Waals surface area (Å²) in [6, 6.07) is 5.87. The predicted octanol–water partition coefficient (Wildman–Crippen LogP) is 1.45. The van der Waals surface area contributed by atoms with Crippen LogP contribution in [-0.4, -0.2) is 25.4 Å². The highest BCUT2D eigenvalue weighted by molar-refractivity contribution is 6.62. The molecule has 19 heavy (non-hydrogen) atoms. The van der Waals surface area contributed by atoms with Crippen molar-refractivity contribution in [2.75, 3.05) is 7.11 Å². The van der Waals surface area contributed by atoms with Crippen molar-refractivity contribution in [2.24, 2.45) is 5.73 Å². The van der Waals surface area contributed by atoms with Gasteiger partial charge in [0.05, 0.1) is 18.3 Å². The molecule has 1 saturated heterocycles. The van der Waals surface area contributed by atoms with Crippen molar-refractivity contribution >= 4 is 12.6 Å². The van der Waals surface area contributed by atoms with Crippen LogP contribution in [-0.2, 0) is 15.9 Å². The fourth-order valence-electron chi connectivity index (χ4n) is 2.06. The zero-order chi connectivity index (χ0) is 14.3. The van der Waals surface area contributed by atoms with Crippen molar-refractivity contribution in [3.63, 3.8) is 0 Å². The van der Waals surface area contributed by atoms with Gasteiger partial charge in [-0.25, -0.2) is 0 Å². The van der Waals surface area contributed by atoms with Crippen molar-refractivity contribution in [3.8, 4) is 5.75 Å². The molecule has 0 atom stereocenters. The summed E-state index contributed by atoms with van der Waals surface area (Å²) >= 11 is 0. The van der Waals surface area contributed by atoms with Crippen molar-refractivity contribution in [1.82, 2.24) is 0 Å². The summed E-state index contributed by atoms with van der Waals surface area (Å²) in [6.07, 6.45) is 0. The molecule has 0 unspecified atom stereocenters. The summed E-state index contributed by atoms with van der Waals surface area (Å²) in [4.78, 5) is 0. The number of methoxy groups -OCH3 is 1. The second kappa shape index (κ2) is 4.82. The van der Waals surface area contributed by atoms with Crippen LogP contribution in [0.2, 0.25) is 0 Å². The van der Waals surface area contributed by atoms with E-state index in [0.717, 1.165) is 16.8 Å². The van der Waals surface area contributed by atoms with Gasteiger partial charge in [0.1, 0.15) is 5.75 Å². The van der Waals surface area contributed by atoms with Crippen LogP contribution in [0.15, 0.2) is 18.2 Å². The fraction of sp³-hybridized carbons (Fsp3) is 0.571. The number of nitrogens with two attached hydrogens (primary N) is 1. The lowest BCUT2D eigenvalue weighted by molar-refractivity contribution is 0.00578. The SMILES string of the molecule is COc1cc(B2OC(C)(C)C(C)(C)O2)ccc1CN. The Hall–Kier alpha value is -1.04. The molecule has 0 bridgehead atoms. The molecule has 1 aliphatic rings. The normalized spacial score (nSPS) is 20.6. The molecule has 0 spiro atoms. The van der Waals surface area contributed by atoms with Gasteiger partial charge in [-0.2, -0.15) is 0 Å². The van der Waals surface area contributed by atoms with E-state index in [1.165, 1.54) is 0 Å². The molecule has 1 heterocycles. The van der Waals surface area contributed by atoms with Crippen LogP contribution in [0.1, 0.15) is 33.3 Å². The molecule has 104 valence electrons. The molecule has 1 aromatic rings. The summed E-state index contributed by atoms with van der Waals surface area (Å²) in [7, 11) is 1.27. The van der Waals surface area contributed by atoms with Crippen LogP contribution in [0.4, 0.5) is 0 Å². The van der Waals surface area contributed by atoms with Gasteiger partial charge in [0.25, 0.3) is 0 Å². The second-order valence-electron chi connectivity index (χ2n) is 5.86. The third kappa shape index (κ3) is 2.50. The van der Waals surface area contributed by atoms with Crippen molar-refractivity contribution < 1.29 is 14.0 Å². The van der Waals surface area contributed by atoms with Gasteiger partial charge in [0, 0.05) is 12.1 Å². The first-order valence-corrected chi connectivity index (χ1v) is 6.53. The lowest BCUT2D eigenvalue weighted by atomic mass is 9.78. The first-order chi connectivity index (χ1) is 8.80. The summed E-state index contributed by atoms with van der Waals surface area (Å²) < 4.78 is 17.4. The molecule has 5 heteroatoms. The Morgan fingerprint density at radius 1 is 1.16 bits per heavy atom. The molecule has 0 saturated carbocycles. The topological polar surface area (TPSA) is 53.7 Å². The Morgan fingerprint density at radius 2 is 1.74 bits per heavy atom. The first kappa shape index (κ1) is 14.4. The van der Waals surface area contributed by atoms with E-state index in [2.05, 4.69) is 0 Å². The predicted molar refractivity (Wildman–Crippen MR) is 76.6 cm³/mol. The standard InChI is InChI=1S/C14H22BNO3/c1-13(2)14(3,4)19-15(18-13)11-7-6-10(9-16)12(8-11)17-5/h6-8H,9,16H2,1-5H3. The minimum absolute atomic E-state index is 0.336. The molecule has 1 fully saturated rings. The lowest BCUT2D eigenvalue weighted by Gasteiger charge is -2.32. The molecule has 1 aliphatic heterocycles. The number of ether oxygens (including phenoxy) is 1. The average Bonchev–Trinajstić information content (AvgIpc) is 2.57. The van der Waals surface area contributed by atoms with Crippen LogP contribution in [0.25, 0.3) is 0 Å². The molecular weight excluding hydrogens is 241 g/mol. The maximum atomic E-state index is 6.01. The molecule has 0 radical (unpaired) electrons. The van der Waals surface area contributed by atoms with E-state index in [4.69, 9.17) is 19.8 Å². The molecular formula is C14H22BNO3. The van der Waals surface area contributed by atoms with E-state index >= 15 is 0 Å². The number of rotatable bonds is 3. The van der Waals surface area contributed by atoms with Gasteiger partial charge in [0.2, 0.25) is 0 Å². The van der Waals surface area contributed by atoms with Gasteiger partial charge in [0.15, 0.2) is 0 Å². The fourth-order valence-corrected chi connectivity index (χ4v) is 2.06. The van der Waals surface area contributed by atoms with E-state index in [1.54, 1.807) is 7.11 Å². The number of hydrogen-bond donors (Lipinski definition) is 1. The minimum Gasteiger partial charge on any atom is -0.496 e. The second-order valence-corrected chi connectivity index (χ2v) is 5.86. The Morgan fingerprint density at radius 3 is 2.21 bits per heavy atom. The van der Waals surface area contributed by atoms with Crippen LogP contribution < -0.4 is 15.9 Å². The molecule has 0 aliphatic carbocycles. The minimum atomic E-state index is -0.370. The van der Waals surface area contributed by atoms with Crippen molar-refractivity contribution in [2.45, 2.75) is 45.4 Å². The third-order valence-electron chi connectivity index (χ3n) is 4.06.